The predicted molar refractivity (Wildman–Crippen MR) is 100 cm³/mol. The fraction of sp³-hybridized carbons (Fsp3) is 0.421. The molecule has 3 heterocycles. The van der Waals surface area contributed by atoms with Crippen molar-refractivity contribution in [1.29, 1.82) is 0 Å². The fourth-order valence-corrected chi connectivity index (χ4v) is 4.03. The third kappa shape index (κ3) is 3.24. The highest BCUT2D eigenvalue weighted by atomic mass is 32.1. The van der Waals surface area contributed by atoms with Crippen LogP contribution in [0.15, 0.2) is 36.7 Å². The Labute approximate surface area is 151 Å². The first-order chi connectivity index (χ1) is 12.2. The van der Waals surface area contributed by atoms with Gasteiger partial charge in [0, 0.05) is 25.2 Å². The maximum Gasteiger partial charge on any atom is 0.275 e. The van der Waals surface area contributed by atoms with E-state index in [2.05, 4.69) is 40.2 Å². The summed E-state index contributed by atoms with van der Waals surface area (Å²) in [6.07, 6.45) is 5.53. The molecule has 1 fully saturated rings. The van der Waals surface area contributed by atoms with E-state index >= 15 is 0 Å². The monoisotopic (exact) mass is 354 g/mol. The molecule has 5 nitrogen and oxygen atoms in total. The molecule has 0 bridgehead atoms. The second kappa shape index (κ2) is 6.69. The van der Waals surface area contributed by atoms with Gasteiger partial charge in [0.25, 0.3) is 5.19 Å². The lowest BCUT2D eigenvalue weighted by atomic mass is 9.91. The van der Waals surface area contributed by atoms with Gasteiger partial charge in [0.2, 0.25) is 0 Å². The van der Waals surface area contributed by atoms with Crippen LogP contribution in [0.3, 0.4) is 0 Å². The third-order valence-corrected chi connectivity index (χ3v) is 5.63. The van der Waals surface area contributed by atoms with E-state index in [0.29, 0.717) is 11.1 Å². The molecule has 0 spiro atoms. The molecule has 0 amide bonds. The average Bonchev–Trinajstić information content (AvgIpc) is 3.04. The summed E-state index contributed by atoms with van der Waals surface area (Å²) in [5.74, 6) is 1.18. The van der Waals surface area contributed by atoms with Crippen LogP contribution in [0.5, 0.6) is 5.19 Å². The Morgan fingerprint density at radius 2 is 1.84 bits per heavy atom. The second-order valence-electron chi connectivity index (χ2n) is 6.79. The minimum Gasteiger partial charge on any atom is -0.455 e. The van der Waals surface area contributed by atoms with Crippen molar-refractivity contribution in [2.45, 2.75) is 38.2 Å². The standard InChI is InChI=1S/C19H22N4OS/c1-13(2)14-11-21-17(22-12-14)19(7-9-20-10-8-19)24-18-23-15-5-3-4-6-16(15)25-18/h3-6,11-13,20H,7-10H2,1-2H3. The summed E-state index contributed by atoms with van der Waals surface area (Å²) < 4.78 is 7.59. The number of hydrogen-bond donors (Lipinski definition) is 1. The maximum absolute atomic E-state index is 6.46. The number of nitrogens with zero attached hydrogens (tertiary/aromatic N) is 3. The second-order valence-corrected chi connectivity index (χ2v) is 7.78. The van der Waals surface area contributed by atoms with Crippen molar-refractivity contribution in [2.75, 3.05) is 13.1 Å². The highest BCUT2D eigenvalue weighted by Crippen LogP contribution is 2.37. The average molecular weight is 354 g/mol. The number of benzene rings is 1. The predicted octanol–water partition coefficient (Wildman–Crippen LogP) is 3.87. The molecule has 4 rings (SSSR count). The van der Waals surface area contributed by atoms with Gasteiger partial charge in [0.15, 0.2) is 11.4 Å². The van der Waals surface area contributed by atoms with E-state index in [1.54, 1.807) is 11.3 Å². The summed E-state index contributed by atoms with van der Waals surface area (Å²) in [5.41, 5.74) is 1.62. The van der Waals surface area contributed by atoms with Crippen molar-refractivity contribution >= 4 is 21.6 Å². The summed E-state index contributed by atoms with van der Waals surface area (Å²) in [4.78, 5) is 14.0. The van der Waals surface area contributed by atoms with E-state index in [4.69, 9.17) is 4.74 Å². The number of para-hydroxylation sites is 1. The molecule has 0 atom stereocenters. The van der Waals surface area contributed by atoms with Crippen LogP contribution in [0.25, 0.3) is 10.2 Å². The first kappa shape index (κ1) is 16.4. The molecular formula is C19H22N4OS. The molecular weight excluding hydrogens is 332 g/mol. The zero-order chi connectivity index (χ0) is 17.3. The molecule has 0 radical (unpaired) electrons. The highest BCUT2D eigenvalue weighted by molar-refractivity contribution is 7.20. The first-order valence-electron chi connectivity index (χ1n) is 8.74. The molecule has 1 N–H and O–H groups in total. The zero-order valence-electron chi connectivity index (χ0n) is 14.5. The van der Waals surface area contributed by atoms with Crippen molar-refractivity contribution in [2.24, 2.45) is 0 Å². The number of piperidine rings is 1. The van der Waals surface area contributed by atoms with Gasteiger partial charge >= 0.3 is 0 Å². The minimum absolute atomic E-state index is 0.420. The smallest absolute Gasteiger partial charge is 0.275 e. The Balaban J connectivity index is 1.68. The van der Waals surface area contributed by atoms with Crippen molar-refractivity contribution in [3.63, 3.8) is 0 Å². The van der Waals surface area contributed by atoms with E-state index in [0.717, 1.165) is 47.5 Å². The van der Waals surface area contributed by atoms with Crippen LogP contribution in [0.4, 0.5) is 0 Å². The van der Waals surface area contributed by atoms with Crippen LogP contribution >= 0.6 is 11.3 Å². The first-order valence-corrected chi connectivity index (χ1v) is 9.56. The van der Waals surface area contributed by atoms with Gasteiger partial charge in [-0.3, -0.25) is 0 Å². The Bertz CT molecular complexity index is 820. The van der Waals surface area contributed by atoms with Gasteiger partial charge < -0.3 is 10.1 Å². The van der Waals surface area contributed by atoms with Crippen LogP contribution in [0.1, 0.15) is 44.0 Å². The van der Waals surface area contributed by atoms with E-state index in [9.17, 15) is 0 Å². The van der Waals surface area contributed by atoms with E-state index < -0.39 is 5.60 Å². The van der Waals surface area contributed by atoms with E-state index in [-0.39, 0.29) is 0 Å². The summed E-state index contributed by atoms with van der Waals surface area (Å²) in [5, 5.41) is 4.09. The molecule has 6 heteroatoms. The summed E-state index contributed by atoms with van der Waals surface area (Å²) in [6, 6.07) is 8.11. The summed E-state index contributed by atoms with van der Waals surface area (Å²) >= 11 is 1.58. The Kier molecular flexibility index (Phi) is 4.39. The summed E-state index contributed by atoms with van der Waals surface area (Å²) in [6.45, 7) is 6.08. The number of thiazole rings is 1. The van der Waals surface area contributed by atoms with Gasteiger partial charge in [-0.1, -0.05) is 37.3 Å². The quantitative estimate of drug-likeness (QED) is 0.771. The highest BCUT2D eigenvalue weighted by Gasteiger charge is 2.40. The van der Waals surface area contributed by atoms with Gasteiger partial charge in [0.1, 0.15) is 0 Å². The van der Waals surface area contributed by atoms with Gasteiger partial charge in [0.05, 0.1) is 10.2 Å². The van der Waals surface area contributed by atoms with Crippen LogP contribution in [0.2, 0.25) is 0 Å². The van der Waals surface area contributed by atoms with Crippen molar-refractivity contribution < 1.29 is 4.74 Å². The molecule has 0 aliphatic carbocycles. The largest absolute Gasteiger partial charge is 0.455 e. The maximum atomic E-state index is 6.46. The molecule has 25 heavy (non-hydrogen) atoms. The SMILES string of the molecule is CC(C)c1cnc(C2(Oc3nc4ccccc4s3)CCNCC2)nc1. The van der Waals surface area contributed by atoms with Crippen LogP contribution in [-0.2, 0) is 5.60 Å². The Morgan fingerprint density at radius 3 is 2.52 bits per heavy atom. The lowest BCUT2D eigenvalue weighted by Crippen LogP contribution is -2.45. The van der Waals surface area contributed by atoms with E-state index in [1.807, 2.05) is 30.6 Å². The van der Waals surface area contributed by atoms with Crippen molar-refractivity contribution in [3.8, 4) is 5.19 Å². The Morgan fingerprint density at radius 1 is 1.12 bits per heavy atom. The minimum atomic E-state index is -0.505. The number of aromatic nitrogens is 3. The summed E-state index contributed by atoms with van der Waals surface area (Å²) in [7, 11) is 0. The normalized spacial score (nSPS) is 17.1. The number of rotatable bonds is 4. The van der Waals surface area contributed by atoms with Gasteiger partial charge in [-0.2, -0.15) is 0 Å². The van der Waals surface area contributed by atoms with Gasteiger partial charge in [-0.15, -0.1) is 0 Å². The lowest BCUT2D eigenvalue weighted by molar-refractivity contribution is 0.0244. The number of ether oxygens (including phenoxy) is 1. The molecule has 0 unspecified atom stereocenters. The van der Waals surface area contributed by atoms with Gasteiger partial charge in [-0.25, -0.2) is 15.0 Å². The number of hydrogen-bond acceptors (Lipinski definition) is 6. The molecule has 0 saturated carbocycles. The molecule has 1 aliphatic rings. The molecule has 1 saturated heterocycles. The van der Waals surface area contributed by atoms with Gasteiger partial charge in [-0.05, 0) is 36.7 Å². The molecule has 130 valence electrons. The Hall–Kier alpha value is -2.05. The third-order valence-electron chi connectivity index (χ3n) is 4.71. The topological polar surface area (TPSA) is 59.9 Å². The van der Waals surface area contributed by atoms with Crippen LogP contribution in [-0.4, -0.2) is 28.0 Å². The van der Waals surface area contributed by atoms with E-state index in [1.165, 1.54) is 0 Å². The molecule has 2 aromatic heterocycles. The fourth-order valence-electron chi connectivity index (χ4n) is 3.14. The zero-order valence-corrected chi connectivity index (χ0v) is 15.3. The number of nitrogens with one attached hydrogen (secondary N) is 1. The van der Waals surface area contributed by atoms with Crippen molar-refractivity contribution in [3.05, 3.63) is 48.0 Å². The molecule has 1 aromatic carbocycles. The van der Waals surface area contributed by atoms with Crippen LogP contribution in [0, 0.1) is 0 Å². The molecule has 3 aromatic rings. The number of fused-ring (bicyclic) bond motifs is 1. The van der Waals surface area contributed by atoms with Crippen LogP contribution < -0.4 is 10.1 Å². The lowest BCUT2D eigenvalue weighted by Gasteiger charge is -2.35. The molecule has 1 aliphatic heterocycles. The van der Waals surface area contributed by atoms with Crippen molar-refractivity contribution in [1.82, 2.24) is 20.3 Å².